The summed E-state index contributed by atoms with van der Waals surface area (Å²) in [5.41, 5.74) is 1.19. The summed E-state index contributed by atoms with van der Waals surface area (Å²) < 4.78 is 0. The monoisotopic (exact) mass is 263 g/mol. The summed E-state index contributed by atoms with van der Waals surface area (Å²) in [5, 5.41) is 9.52. The van der Waals surface area contributed by atoms with E-state index in [-0.39, 0.29) is 0 Å². The van der Waals surface area contributed by atoms with Crippen molar-refractivity contribution in [3.05, 3.63) is 34.9 Å². The van der Waals surface area contributed by atoms with Crippen molar-refractivity contribution in [3.63, 3.8) is 0 Å². The first kappa shape index (κ1) is 13.4. The van der Waals surface area contributed by atoms with Gasteiger partial charge in [0.15, 0.2) is 0 Å². The third-order valence-electron chi connectivity index (χ3n) is 3.60. The van der Waals surface area contributed by atoms with E-state index in [0.717, 1.165) is 31.2 Å². The van der Waals surface area contributed by atoms with Gasteiger partial charge in [-0.05, 0) is 18.6 Å². The van der Waals surface area contributed by atoms with E-state index in [2.05, 4.69) is 28.9 Å². The normalized spacial score (nSPS) is 19.4. The molecule has 1 aliphatic rings. The van der Waals surface area contributed by atoms with Crippen molar-refractivity contribution in [3.8, 4) is 6.07 Å². The molecule has 0 aliphatic carbocycles. The standard InChI is InChI=1S/C14H18ClN3/c1-12(13-4-2-3-5-14(13)15)18-10-8-17(7-6-16)9-11-18/h2-5,12H,7-11H2,1H3. The molecule has 1 heterocycles. The van der Waals surface area contributed by atoms with Gasteiger partial charge in [-0.3, -0.25) is 9.80 Å². The van der Waals surface area contributed by atoms with Gasteiger partial charge in [-0.1, -0.05) is 29.8 Å². The second-order valence-electron chi connectivity index (χ2n) is 4.67. The summed E-state index contributed by atoms with van der Waals surface area (Å²) in [5.74, 6) is 0. The summed E-state index contributed by atoms with van der Waals surface area (Å²) in [6, 6.07) is 10.6. The van der Waals surface area contributed by atoms with Crippen LogP contribution in [0.5, 0.6) is 0 Å². The smallest absolute Gasteiger partial charge is 0.0866 e. The zero-order valence-corrected chi connectivity index (χ0v) is 11.4. The molecule has 1 aromatic carbocycles. The Bertz CT molecular complexity index is 433. The molecule has 4 heteroatoms. The number of benzene rings is 1. The van der Waals surface area contributed by atoms with Gasteiger partial charge in [0.2, 0.25) is 0 Å². The van der Waals surface area contributed by atoms with Crippen LogP contribution in [0.2, 0.25) is 5.02 Å². The molecule has 1 atom stereocenters. The molecular weight excluding hydrogens is 246 g/mol. The Balaban J connectivity index is 1.98. The van der Waals surface area contributed by atoms with Gasteiger partial charge < -0.3 is 0 Å². The van der Waals surface area contributed by atoms with Gasteiger partial charge in [0.05, 0.1) is 12.6 Å². The molecule has 0 saturated carbocycles. The number of nitrogens with zero attached hydrogens (tertiary/aromatic N) is 3. The average Bonchev–Trinajstić information content (AvgIpc) is 2.40. The van der Waals surface area contributed by atoms with Crippen molar-refractivity contribution >= 4 is 11.6 Å². The van der Waals surface area contributed by atoms with E-state index in [9.17, 15) is 0 Å². The van der Waals surface area contributed by atoms with Crippen LogP contribution < -0.4 is 0 Å². The van der Waals surface area contributed by atoms with Crippen molar-refractivity contribution in [1.29, 1.82) is 5.26 Å². The molecule has 0 N–H and O–H groups in total. The van der Waals surface area contributed by atoms with Gasteiger partial charge in [0.1, 0.15) is 0 Å². The SMILES string of the molecule is CC(c1ccccc1Cl)N1CCN(CC#N)CC1. The molecule has 2 rings (SSSR count). The molecule has 0 spiro atoms. The maximum Gasteiger partial charge on any atom is 0.0866 e. The van der Waals surface area contributed by atoms with Gasteiger partial charge in [-0.25, -0.2) is 0 Å². The molecule has 1 unspecified atom stereocenters. The summed E-state index contributed by atoms with van der Waals surface area (Å²) in [6.45, 7) is 6.64. The Kier molecular flexibility index (Phi) is 4.60. The molecule has 0 radical (unpaired) electrons. The second kappa shape index (κ2) is 6.19. The van der Waals surface area contributed by atoms with Crippen molar-refractivity contribution in [2.45, 2.75) is 13.0 Å². The Morgan fingerprint density at radius 1 is 1.28 bits per heavy atom. The number of halogens is 1. The fraction of sp³-hybridized carbons (Fsp3) is 0.500. The van der Waals surface area contributed by atoms with Crippen LogP contribution >= 0.6 is 11.6 Å². The molecule has 0 bridgehead atoms. The van der Waals surface area contributed by atoms with Crippen LogP contribution in [0.4, 0.5) is 0 Å². The van der Waals surface area contributed by atoms with E-state index >= 15 is 0 Å². The molecule has 96 valence electrons. The quantitative estimate of drug-likeness (QED) is 0.785. The predicted molar refractivity (Wildman–Crippen MR) is 73.5 cm³/mol. The molecule has 0 aromatic heterocycles. The van der Waals surface area contributed by atoms with Crippen LogP contribution in [0.3, 0.4) is 0 Å². The number of hydrogen-bond donors (Lipinski definition) is 0. The summed E-state index contributed by atoms with van der Waals surface area (Å²) in [4.78, 5) is 4.62. The van der Waals surface area contributed by atoms with Gasteiger partial charge in [0.25, 0.3) is 0 Å². The van der Waals surface area contributed by atoms with Gasteiger partial charge in [0, 0.05) is 37.2 Å². The van der Waals surface area contributed by atoms with Crippen LogP contribution in [-0.2, 0) is 0 Å². The maximum absolute atomic E-state index is 8.69. The van der Waals surface area contributed by atoms with Gasteiger partial charge >= 0.3 is 0 Å². The summed E-state index contributed by atoms with van der Waals surface area (Å²) in [6.07, 6.45) is 0. The van der Waals surface area contributed by atoms with E-state index < -0.39 is 0 Å². The highest BCUT2D eigenvalue weighted by atomic mass is 35.5. The number of rotatable bonds is 3. The third kappa shape index (κ3) is 3.02. The minimum Gasteiger partial charge on any atom is -0.294 e. The number of piperazine rings is 1. The lowest BCUT2D eigenvalue weighted by molar-refractivity contribution is 0.111. The Hall–Kier alpha value is -1.08. The lowest BCUT2D eigenvalue weighted by Crippen LogP contribution is -2.47. The minimum atomic E-state index is 0.336. The number of nitriles is 1. The largest absolute Gasteiger partial charge is 0.294 e. The van der Waals surface area contributed by atoms with Crippen molar-refractivity contribution in [2.75, 3.05) is 32.7 Å². The van der Waals surface area contributed by atoms with Gasteiger partial charge in [-0.15, -0.1) is 0 Å². The van der Waals surface area contributed by atoms with Crippen molar-refractivity contribution < 1.29 is 0 Å². The minimum absolute atomic E-state index is 0.336. The molecule has 18 heavy (non-hydrogen) atoms. The zero-order chi connectivity index (χ0) is 13.0. The van der Waals surface area contributed by atoms with Crippen LogP contribution in [0, 0.1) is 11.3 Å². The molecular formula is C14H18ClN3. The van der Waals surface area contributed by atoms with Crippen LogP contribution in [0.1, 0.15) is 18.5 Å². The molecule has 1 aliphatic heterocycles. The van der Waals surface area contributed by atoms with Crippen LogP contribution in [0.25, 0.3) is 0 Å². The van der Waals surface area contributed by atoms with E-state index in [4.69, 9.17) is 16.9 Å². The first-order valence-corrected chi connectivity index (χ1v) is 6.68. The lowest BCUT2D eigenvalue weighted by atomic mass is 10.1. The Labute approximate surface area is 114 Å². The first-order valence-electron chi connectivity index (χ1n) is 6.30. The van der Waals surface area contributed by atoms with Crippen molar-refractivity contribution in [1.82, 2.24) is 9.80 Å². The fourth-order valence-electron chi connectivity index (χ4n) is 2.42. The number of hydrogen-bond acceptors (Lipinski definition) is 3. The fourth-order valence-corrected chi connectivity index (χ4v) is 2.71. The zero-order valence-electron chi connectivity index (χ0n) is 10.6. The Morgan fingerprint density at radius 3 is 2.56 bits per heavy atom. The molecule has 1 aromatic rings. The highest BCUT2D eigenvalue weighted by Gasteiger charge is 2.22. The third-order valence-corrected chi connectivity index (χ3v) is 3.95. The summed E-state index contributed by atoms with van der Waals surface area (Å²) in [7, 11) is 0. The van der Waals surface area contributed by atoms with Crippen LogP contribution in [0.15, 0.2) is 24.3 Å². The van der Waals surface area contributed by atoms with Crippen molar-refractivity contribution in [2.24, 2.45) is 0 Å². The second-order valence-corrected chi connectivity index (χ2v) is 5.07. The van der Waals surface area contributed by atoms with E-state index in [1.165, 1.54) is 5.56 Å². The highest BCUT2D eigenvalue weighted by molar-refractivity contribution is 6.31. The summed E-state index contributed by atoms with van der Waals surface area (Å²) >= 11 is 6.24. The predicted octanol–water partition coefficient (Wildman–Crippen LogP) is 2.54. The topological polar surface area (TPSA) is 30.3 Å². The molecule has 1 fully saturated rings. The lowest BCUT2D eigenvalue weighted by Gasteiger charge is -2.37. The molecule has 1 saturated heterocycles. The van der Waals surface area contributed by atoms with Gasteiger partial charge in [-0.2, -0.15) is 5.26 Å². The Morgan fingerprint density at radius 2 is 1.94 bits per heavy atom. The average molecular weight is 264 g/mol. The molecule has 0 amide bonds. The van der Waals surface area contributed by atoms with Crippen LogP contribution in [-0.4, -0.2) is 42.5 Å². The maximum atomic E-state index is 8.69. The highest BCUT2D eigenvalue weighted by Crippen LogP contribution is 2.27. The first-order chi connectivity index (χ1) is 8.72. The van der Waals surface area contributed by atoms with E-state index in [1.807, 2.05) is 18.2 Å². The van der Waals surface area contributed by atoms with E-state index in [0.29, 0.717) is 12.6 Å². The van der Waals surface area contributed by atoms with E-state index in [1.54, 1.807) is 0 Å². The molecule has 3 nitrogen and oxygen atoms in total.